The quantitative estimate of drug-likeness (QED) is 0.615. The molecule has 0 fully saturated rings. The van der Waals surface area contributed by atoms with Gasteiger partial charge in [-0.3, -0.25) is 0 Å². The van der Waals surface area contributed by atoms with Crippen molar-refractivity contribution in [1.82, 2.24) is 0 Å². The van der Waals surface area contributed by atoms with E-state index in [9.17, 15) is 0 Å². The third-order valence-corrected chi connectivity index (χ3v) is 2.22. The maximum atomic E-state index is 2.17. The monoisotopic (exact) mass is 186 g/mol. The number of hydrogen-bond donors (Lipinski definition) is 0. The second-order valence-corrected chi connectivity index (χ2v) is 3.55. The average molecular weight is 186 g/mol. The molecule has 0 radical (unpaired) electrons. The SMILES string of the molecule is CCC=CC=C(C)c1ccc(C)cc1. The molecule has 0 aromatic heterocycles. The van der Waals surface area contributed by atoms with Crippen LogP contribution in [-0.2, 0) is 0 Å². The Kier molecular flexibility index (Phi) is 4.18. The Bertz CT molecular complexity index is 326. The van der Waals surface area contributed by atoms with Crippen LogP contribution in [0.1, 0.15) is 31.4 Å². The summed E-state index contributed by atoms with van der Waals surface area (Å²) >= 11 is 0. The molecule has 0 heterocycles. The highest BCUT2D eigenvalue weighted by Gasteiger charge is 1.92. The van der Waals surface area contributed by atoms with Gasteiger partial charge in [-0.05, 0) is 31.4 Å². The third kappa shape index (κ3) is 3.21. The topological polar surface area (TPSA) is 0 Å². The highest BCUT2D eigenvalue weighted by atomic mass is 14.0. The van der Waals surface area contributed by atoms with Gasteiger partial charge in [-0.25, -0.2) is 0 Å². The molecule has 0 saturated heterocycles. The van der Waals surface area contributed by atoms with Crippen molar-refractivity contribution >= 4 is 5.57 Å². The van der Waals surface area contributed by atoms with Crippen LogP contribution in [0.3, 0.4) is 0 Å². The van der Waals surface area contributed by atoms with E-state index in [0.29, 0.717) is 0 Å². The summed E-state index contributed by atoms with van der Waals surface area (Å²) in [5.41, 5.74) is 3.93. The van der Waals surface area contributed by atoms with Crippen molar-refractivity contribution in [2.24, 2.45) is 0 Å². The van der Waals surface area contributed by atoms with Gasteiger partial charge < -0.3 is 0 Å². The molecule has 1 aromatic carbocycles. The molecule has 0 N–H and O–H groups in total. The first-order valence-electron chi connectivity index (χ1n) is 5.14. The molecule has 0 aliphatic carbocycles. The van der Waals surface area contributed by atoms with Crippen molar-refractivity contribution in [3.05, 3.63) is 53.6 Å². The fraction of sp³-hybridized carbons (Fsp3) is 0.286. The molecular weight excluding hydrogens is 168 g/mol. The van der Waals surface area contributed by atoms with E-state index in [1.165, 1.54) is 16.7 Å². The van der Waals surface area contributed by atoms with E-state index in [4.69, 9.17) is 0 Å². The molecule has 0 saturated carbocycles. The second kappa shape index (κ2) is 5.43. The summed E-state index contributed by atoms with van der Waals surface area (Å²) in [6.45, 7) is 6.40. The first kappa shape index (κ1) is 10.8. The molecule has 1 rings (SSSR count). The van der Waals surface area contributed by atoms with Gasteiger partial charge in [0.05, 0.1) is 0 Å². The predicted octanol–water partition coefficient (Wildman–Crippen LogP) is 4.36. The Morgan fingerprint density at radius 3 is 2.43 bits per heavy atom. The number of benzene rings is 1. The highest BCUT2D eigenvalue weighted by molar-refractivity contribution is 5.65. The minimum absolute atomic E-state index is 1.09. The van der Waals surface area contributed by atoms with Crippen LogP contribution >= 0.6 is 0 Å². The molecule has 1 aromatic rings. The van der Waals surface area contributed by atoms with Gasteiger partial charge in [0.2, 0.25) is 0 Å². The Hall–Kier alpha value is -1.30. The molecular formula is C14H18. The first-order chi connectivity index (χ1) is 6.74. The fourth-order valence-electron chi connectivity index (χ4n) is 1.26. The molecule has 0 aliphatic rings. The minimum Gasteiger partial charge on any atom is -0.0848 e. The van der Waals surface area contributed by atoms with Gasteiger partial charge in [-0.15, -0.1) is 0 Å². The maximum Gasteiger partial charge on any atom is -0.0227 e. The summed E-state index contributed by atoms with van der Waals surface area (Å²) < 4.78 is 0. The first-order valence-corrected chi connectivity index (χ1v) is 5.14. The van der Waals surface area contributed by atoms with Gasteiger partial charge in [0.15, 0.2) is 0 Å². The van der Waals surface area contributed by atoms with Crippen molar-refractivity contribution in [2.75, 3.05) is 0 Å². The van der Waals surface area contributed by atoms with Crippen LogP contribution in [0.4, 0.5) is 0 Å². The van der Waals surface area contributed by atoms with Crippen LogP contribution in [-0.4, -0.2) is 0 Å². The minimum atomic E-state index is 1.09. The molecule has 0 atom stereocenters. The average Bonchev–Trinajstić information content (AvgIpc) is 2.19. The number of aryl methyl sites for hydroxylation is 1. The number of rotatable bonds is 3. The molecule has 0 aliphatic heterocycles. The van der Waals surface area contributed by atoms with Crippen LogP contribution in [0, 0.1) is 6.92 Å². The summed E-state index contributed by atoms with van der Waals surface area (Å²) in [6, 6.07) is 8.63. The van der Waals surface area contributed by atoms with Gasteiger partial charge in [0, 0.05) is 0 Å². The van der Waals surface area contributed by atoms with Crippen molar-refractivity contribution in [3.8, 4) is 0 Å². The normalized spacial score (nSPS) is 12.4. The zero-order valence-corrected chi connectivity index (χ0v) is 9.25. The summed E-state index contributed by atoms with van der Waals surface area (Å²) in [6.07, 6.45) is 7.54. The zero-order chi connectivity index (χ0) is 10.4. The van der Waals surface area contributed by atoms with Crippen molar-refractivity contribution in [2.45, 2.75) is 27.2 Å². The zero-order valence-electron chi connectivity index (χ0n) is 9.25. The molecule has 0 amide bonds. The van der Waals surface area contributed by atoms with Crippen LogP contribution in [0.2, 0.25) is 0 Å². The van der Waals surface area contributed by atoms with Crippen LogP contribution in [0.5, 0.6) is 0 Å². The number of hydrogen-bond acceptors (Lipinski definition) is 0. The lowest BCUT2D eigenvalue weighted by molar-refractivity contribution is 1.22. The third-order valence-electron chi connectivity index (χ3n) is 2.22. The number of allylic oxidation sites excluding steroid dienone is 4. The van der Waals surface area contributed by atoms with E-state index in [0.717, 1.165) is 6.42 Å². The predicted molar refractivity (Wildman–Crippen MR) is 64.3 cm³/mol. The van der Waals surface area contributed by atoms with Crippen LogP contribution in [0.15, 0.2) is 42.5 Å². The summed E-state index contributed by atoms with van der Waals surface area (Å²) in [5.74, 6) is 0. The lowest BCUT2D eigenvalue weighted by Crippen LogP contribution is -1.79. The van der Waals surface area contributed by atoms with E-state index in [2.05, 4.69) is 63.3 Å². The lowest BCUT2D eigenvalue weighted by Gasteiger charge is -2.00. The Morgan fingerprint density at radius 2 is 1.86 bits per heavy atom. The smallest absolute Gasteiger partial charge is 0.0227 e. The van der Waals surface area contributed by atoms with Crippen molar-refractivity contribution in [1.29, 1.82) is 0 Å². The van der Waals surface area contributed by atoms with Gasteiger partial charge in [0.1, 0.15) is 0 Å². The van der Waals surface area contributed by atoms with Crippen molar-refractivity contribution in [3.63, 3.8) is 0 Å². The maximum absolute atomic E-state index is 2.17. The molecule has 0 unspecified atom stereocenters. The van der Waals surface area contributed by atoms with Gasteiger partial charge in [-0.2, -0.15) is 0 Å². The van der Waals surface area contributed by atoms with Gasteiger partial charge >= 0.3 is 0 Å². The molecule has 14 heavy (non-hydrogen) atoms. The van der Waals surface area contributed by atoms with E-state index in [-0.39, 0.29) is 0 Å². The van der Waals surface area contributed by atoms with Crippen LogP contribution < -0.4 is 0 Å². The summed E-state index contributed by atoms with van der Waals surface area (Å²) in [5, 5.41) is 0. The highest BCUT2D eigenvalue weighted by Crippen LogP contribution is 2.14. The molecule has 0 nitrogen and oxygen atoms in total. The Labute approximate surface area is 87.0 Å². The van der Waals surface area contributed by atoms with E-state index < -0.39 is 0 Å². The van der Waals surface area contributed by atoms with Gasteiger partial charge in [0.25, 0.3) is 0 Å². The molecule has 0 heteroatoms. The molecule has 0 bridgehead atoms. The van der Waals surface area contributed by atoms with E-state index in [1.54, 1.807) is 0 Å². The van der Waals surface area contributed by atoms with E-state index >= 15 is 0 Å². The fourth-order valence-corrected chi connectivity index (χ4v) is 1.26. The Morgan fingerprint density at radius 1 is 1.21 bits per heavy atom. The molecule has 0 spiro atoms. The lowest BCUT2D eigenvalue weighted by atomic mass is 10.1. The summed E-state index contributed by atoms with van der Waals surface area (Å²) in [7, 11) is 0. The van der Waals surface area contributed by atoms with Crippen LogP contribution in [0.25, 0.3) is 5.57 Å². The summed E-state index contributed by atoms with van der Waals surface area (Å²) in [4.78, 5) is 0. The van der Waals surface area contributed by atoms with E-state index in [1.807, 2.05) is 0 Å². The van der Waals surface area contributed by atoms with Gasteiger partial charge in [-0.1, -0.05) is 55.0 Å². The largest absolute Gasteiger partial charge is 0.0848 e. The Balaban J connectivity index is 2.78. The molecule has 74 valence electrons. The van der Waals surface area contributed by atoms with Crippen molar-refractivity contribution < 1.29 is 0 Å². The second-order valence-electron chi connectivity index (χ2n) is 3.55. The standard InChI is InChI=1S/C14H18/c1-4-5-6-7-13(3)14-10-8-12(2)9-11-14/h5-11H,4H2,1-3H3.